The second-order valence-corrected chi connectivity index (χ2v) is 8.96. The number of rotatable bonds is 7. The monoisotopic (exact) mass is 338 g/mol. The van der Waals surface area contributed by atoms with Gasteiger partial charge in [0.2, 0.25) is 0 Å². The van der Waals surface area contributed by atoms with Gasteiger partial charge in [-0.1, -0.05) is 13.8 Å². The van der Waals surface area contributed by atoms with Gasteiger partial charge >= 0.3 is 0 Å². The van der Waals surface area contributed by atoms with Crippen molar-refractivity contribution < 1.29 is 18.9 Å². The van der Waals surface area contributed by atoms with Crippen molar-refractivity contribution >= 4 is 0 Å². The summed E-state index contributed by atoms with van der Waals surface area (Å²) >= 11 is 0. The van der Waals surface area contributed by atoms with Gasteiger partial charge in [-0.05, 0) is 68.6 Å². The highest BCUT2D eigenvalue weighted by molar-refractivity contribution is 4.91. The van der Waals surface area contributed by atoms with E-state index in [1.54, 1.807) is 0 Å². The Hall–Kier alpha value is -0.160. The van der Waals surface area contributed by atoms with Crippen molar-refractivity contribution in [1.29, 1.82) is 0 Å². The van der Waals surface area contributed by atoms with Crippen molar-refractivity contribution in [1.82, 2.24) is 0 Å². The van der Waals surface area contributed by atoms with Crippen molar-refractivity contribution in [2.75, 3.05) is 19.8 Å². The van der Waals surface area contributed by atoms with Gasteiger partial charge in [-0.2, -0.15) is 0 Å². The molecule has 4 heteroatoms. The van der Waals surface area contributed by atoms with Gasteiger partial charge in [0.1, 0.15) is 12.7 Å². The Morgan fingerprint density at radius 2 is 1.33 bits per heavy atom. The van der Waals surface area contributed by atoms with Gasteiger partial charge in [-0.25, -0.2) is 0 Å². The zero-order valence-corrected chi connectivity index (χ0v) is 15.4. The Morgan fingerprint density at radius 1 is 0.792 bits per heavy atom. The first-order valence-corrected chi connectivity index (χ1v) is 10.1. The summed E-state index contributed by atoms with van der Waals surface area (Å²) in [5.74, 6) is 1.70. The van der Waals surface area contributed by atoms with E-state index in [-0.39, 0.29) is 6.29 Å². The van der Waals surface area contributed by atoms with Crippen LogP contribution in [0.5, 0.6) is 0 Å². The van der Waals surface area contributed by atoms with E-state index in [9.17, 15) is 0 Å². The van der Waals surface area contributed by atoms with Gasteiger partial charge in [-0.3, -0.25) is 0 Å². The summed E-state index contributed by atoms with van der Waals surface area (Å²) in [5, 5.41) is 0. The van der Waals surface area contributed by atoms with E-state index in [0.29, 0.717) is 23.7 Å². The van der Waals surface area contributed by atoms with Crippen molar-refractivity contribution in [2.24, 2.45) is 17.3 Å². The van der Waals surface area contributed by atoms with Crippen molar-refractivity contribution in [3.63, 3.8) is 0 Å². The zero-order valence-electron chi connectivity index (χ0n) is 15.4. The molecular weight excluding hydrogens is 304 g/mol. The summed E-state index contributed by atoms with van der Waals surface area (Å²) < 4.78 is 22.4. The number of hydrogen-bond acceptors (Lipinski definition) is 4. The van der Waals surface area contributed by atoms with Gasteiger partial charge in [0.25, 0.3) is 0 Å². The summed E-state index contributed by atoms with van der Waals surface area (Å²) in [6.45, 7) is 7.57. The highest BCUT2D eigenvalue weighted by Crippen LogP contribution is 2.49. The Labute approximate surface area is 146 Å². The lowest BCUT2D eigenvalue weighted by atomic mass is 9.60. The molecule has 0 N–H and O–H groups in total. The molecule has 0 bridgehead atoms. The summed E-state index contributed by atoms with van der Waals surface area (Å²) in [6, 6.07) is 0. The van der Waals surface area contributed by atoms with Crippen LogP contribution in [0, 0.1) is 17.3 Å². The molecule has 0 amide bonds. The normalized spacial score (nSPS) is 42.8. The number of epoxide rings is 2. The molecule has 0 aromatic rings. The maximum atomic E-state index is 6.02. The minimum Gasteiger partial charge on any atom is -0.375 e. The molecule has 24 heavy (non-hydrogen) atoms. The van der Waals surface area contributed by atoms with E-state index < -0.39 is 0 Å². The summed E-state index contributed by atoms with van der Waals surface area (Å²) in [5.41, 5.74) is 0.450. The second kappa shape index (κ2) is 7.22. The molecule has 2 saturated heterocycles. The van der Waals surface area contributed by atoms with Crippen LogP contribution in [0.1, 0.15) is 65.2 Å². The first-order valence-electron chi connectivity index (χ1n) is 10.1. The molecule has 2 aliphatic heterocycles. The molecule has 2 unspecified atom stereocenters. The van der Waals surface area contributed by atoms with Crippen LogP contribution in [0.2, 0.25) is 0 Å². The predicted octanol–water partition coefficient (Wildman–Crippen LogP) is 3.92. The van der Waals surface area contributed by atoms with Gasteiger partial charge in [-0.15, -0.1) is 0 Å². The molecule has 2 atom stereocenters. The average molecular weight is 338 g/mol. The number of ether oxygens (including phenoxy) is 4. The lowest BCUT2D eigenvalue weighted by Gasteiger charge is -2.46. The lowest BCUT2D eigenvalue weighted by Crippen LogP contribution is -2.39. The van der Waals surface area contributed by atoms with Crippen LogP contribution in [-0.4, -0.2) is 44.4 Å². The average Bonchev–Trinajstić information content (AvgIpc) is 3.49. The SMILES string of the molecule is CC(C)(C1CCC(OCC2CO2)CC1)C1CCC(OC2CO2)CC1. The minimum absolute atomic E-state index is 0.121. The molecule has 2 aliphatic carbocycles. The van der Waals surface area contributed by atoms with Gasteiger partial charge in [0.15, 0.2) is 6.29 Å². The molecular formula is C20H34O4. The molecule has 0 aromatic heterocycles. The molecule has 2 saturated carbocycles. The van der Waals surface area contributed by atoms with E-state index in [4.69, 9.17) is 18.9 Å². The fourth-order valence-corrected chi connectivity index (χ4v) is 4.99. The maximum absolute atomic E-state index is 6.02. The number of hydrogen-bond donors (Lipinski definition) is 0. The third-order valence-electron chi connectivity index (χ3n) is 7.02. The highest BCUT2D eigenvalue weighted by atomic mass is 16.8. The van der Waals surface area contributed by atoms with Crippen LogP contribution in [0.15, 0.2) is 0 Å². The topological polar surface area (TPSA) is 43.5 Å². The van der Waals surface area contributed by atoms with Crippen LogP contribution in [0.4, 0.5) is 0 Å². The molecule has 0 spiro atoms. The Kier molecular flexibility index (Phi) is 5.19. The summed E-state index contributed by atoms with van der Waals surface area (Å²) in [6.07, 6.45) is 11.6. The van der Waals surface area contributed by atoms with Gasteiger partial charge < -0.3 is 18.9 Å². The predicted molar refractivity (Wildman–Crippen MR) is 91.8 cm³/mol. The largest absolute Gasteiger partial charge is 0.375 e. The van der Waals surface area contributed by atoms with Crippen molar-refractivity contribution in [2.45, 2.75) is 89.8 Å². The van der Waals surface area contributed by atoms with Crippen LogP contribution < -0.4 is 0 Å². The summed E-state index contributed by atoms with van der Waals surface area (Å²) in [4.78, 5) is 0. The fourth-order valence-electron chi connectivity index (χ4n) is 4.99. The Balaban J connectivity index is 1.21. The fraction of sp³-hybridized carbons (Fsp3) is 1.00. The van der Waals surface area contributed by atoms with E-state index in [1.165, 1.54) is 51.4 Å². The molecule has 4 rings (SSSR count). The van der Waals surface area contributed by atoms with Crippen molar-refractivity contribution in [3.05, 3.63) is 0 Å². The quantitative estimate of drug-likeness (QED) is 0.660. The van der Waals surface area contributed by atoms with E-state index >= 15 is 0 Å². The van der Waals surface area contributed by atoms with Crippen LogP contribution >= 0.6 is 0 Å². The minimum atomic E-state index is 0.121. The van der Waals surface area contributed by atoms with Crippen LogP contribution in [0.3, 0.4) is 0 Å². The van der Waals surface area contributed by atoms with Gasteiger partial charge in [0.05, 0.1) is 25.4 Å². The standard InChI is InChI=1S/C20H34O4/c1-20(2,15-5-9-17(10-6-15)24-19-13-23-19)14-3-7-16(8-4-14)21-11-18-12-22-18/h14-19H,3-13H2,1-2H3. The first kappa shape index (κ1) is 17.3. The lowest BCUT2D eigenvalue weighted by molar-refractivity contribution is -0.0579. The van der Waals surface area contributed by atoms with Crippen molar-refractivity contribution in [3.8, 4) is 0 Å². The van der Waals surface area contributed by atoms with Crippen LogP contribution in [-0.2, 0) is 18.9 Å². The molecule has 4 aliphatic rings. The highest BCUT2D eigenvalue weighted by Gasteiger charge is 2.41. The molecule has 4 fully saturated rings. The molecule has 0 aromatic carbocycles. The Morgan fingerprint density at radius 3 is 1.83 bits per heavy atom. The second-order valence-electron chi connectivity index (χ2n) is 8.96. The third-order valence-corrected chi connectivity index (χ3v) is 7.02. The summed E-state index contributed by atoms with van der Waals surface area (Å²) in [7, 11) is 0. The molecule has 2 heterocycles. The first-order chi connectivity index (χ1) is 11.6. The maximum Gasteiger partial charge on any atom is 0.181 e. The molecule has 0 radical (unpaired) electrons. The van der Waals surface area contributed by atoms with Crippen LogP contribution in [0.25, 0.3) is 0 Å². The van der Waals surface area contributed by atoms with E-state index in [0.717, 1.165) is 31.7 Å². The van der Waals surface area contributed by atoms with E-state index in [2.05, 4.69) is 13.8 Å². The van der Waals surface area contributed by atoms with E-state index in [1.807, 2.05) is 0 Å². The smallest absolute Gasteiger partial charge is 0.181 e. The zero-order chi connectivity index (χ0) is 16.6. The Bertz CT molecular complexity index is 400. The molecule has 138 valence electrons. The molecule has 4 nitrogen and oxygen atoms in total. The third kappa shape index (κ3) is 4.32. The van der Waals surface area contributed by atoms with Gasteiger partial charge in [0, 0.05) is 0 Å².